The van der Waals surface area contributed by atoms with Crippen molar-refractivity contribution in [2.45, 2.75) is 96.7 Å². The SMILES string of the molecule is CC(C)C(=O)O.CC(C)c1nc(-c2ccc3c(c2)CC[C@H]3NC(=O)c2nnn(C)n2)no1.Cl.Cn1nnc(C(=O)N[C@@H]2CCc3cc(/C(N)=N/O)ccc32)n1.Cn1nnc(C(=O)O)n1.[C-]#[N+]c1ccc2c(c1)CC=C2N.[C-]#[N+]c1ccc2c(c1)CC[C@H]2NC(=O)c1nnn(C)n1. The number of rotatable bonds is 11. The molecule has 3 amide bonds. The molecular weight excluding hydrogens is 1260 g/mol. The summed E-state index contributed by atoms with van der Waals surface area (Å²) in [6, 6.07) is 22.5. The lowest BCUT2D eigenvalue weighted by molar-refractivity contribution is -0.140. The number of carboxylic acids is 2. The van der Waals surface area contributed by atoms with E-state index in [-0.39, 0.29) is 89.2 Å². The highest BCUT2D eigenvalue weighted by Crippen LogP contribution is 2.36. The third kappa shape index (κ3) is 18.3. The number of hydrogen-bond acceptors (Lipinski definition) is 23. The standard InChI is InChI=1S/C17H19N7O2.C13H15N7O2.C13H12N6O.C10H8N2.C4H8O2.C3H4N4O2.ClH/c1-9(2)17-19-14(22-26-17)11-4-6-12-10(8-11)5-7-13(12)18-16(25)15-20-23-24(3)21-15;1-20-17-12(16-19-20)13(21)15-10-5-3-7-6-8(11(14)18-22)2-4-9(7)10;1-14-9-4-5-10-8(7-9)3-6-11(10)15-13(20)12-16-18-19(2)17-12;1-12-8-3-4-9-7(6-8)2-5-10(9)11;1-3(2)4(5)6;1-7-5-2(3(8)9)4-6-7;/h4,6,8-9,13H,5,7H2,1-3H3,(H,18,25);2,4,6,10,22H,3,5H2,1H3,(H2,14,18)(H,15,21);4-5,7,11H,3,6H2,2H3,(H,15,20);3-6H,2,11H2;3H,1-2H3,(H,5,6);1H3,(H,8,9);1H/t13-;10-;11-;;;;/m111..../s1. The highest BCUT2D eigenvalue weighted by Gasteiger charge is 2.30. The lowest BCUT2D eigenvalue weighted by Crippen LogP contribution is -2.28. The lowest BCUT2D eigenvalue weighted by atomic mass is 10.0. The number of oxime groups is 1. The number of carbonyl (C=O) groups is 5. The van der Waals surface area contributed by atoms with E-state index in [9.17, 15) is 24.0 Å². The number of nitrogens with one attached hydrogen (secondary N) is 3. The van der Waals surface area contributed by atoms with Crippen molar-refractivity contribution in [1.29, 1.82) is 0 Å². The third-order valence-corrected chi connectivity index (χ3v) is 14.7. The monoisotopic (exact) mass is 1330 g/mol. The largest absolute Gasteiger partial charge is 0.481 e. The Morgan fingerprint density at radius 3 is 1.43 bits per heavy atom. The number of nitrogens with zero attached hydrogens (tertiary/aromatic N) is 21. The maximum Gasteiger partial charge on any atom is 0.377 e. The van der Waals surface area contributed by atoms with E-state index in [4.69, 9.17) is 44.6 Å². The van der Waals surface area contributed by atoms with Crippen LogP contribution in [-0.4, -0.2) is 142 Å². The smallest absolute Gasteiger partial charge is 0.377 e. The summed E-state index contributed by atoms with van der Waals surface area (Å²) < 4.78 is 5.28. The molecule has 13 rings (SSSR count). The van der Waals surface area contributed by atoms with Crippen LogP contribution in [0.25, 0.3) is 26.8 Å². The second kappa shape index (κ2) is 32.3. The Bertz CT molecular complexity index is 4440. The summed E-state index contributed by atoms with van der Waals surface area (Å²) in [5.41, 5.74) is 23.8. The van der Waals surface area contributed by atoms with Crippen LogP contribution >= 0.6 is 12.4 Å². The van der Waals surface area contributed by atoms with Crippen molar-refractivity contribution in [2.75, 3.05) is 0 Å². The molecule has 4 aliphatic rings. The fourth-order valence-corrected chi connectivity index (χ4v) is 9.89. The van der Waals surface area contributed by atoms with Gasteiger partial charge in [0.15, 0.2) is 17.2 Å². The number of fused-ring (bicyclic) bond motifs is 4. The number of aliphatic carboxylic acids is 1. The van der Waals surface area contributed by atoms with E-state index in [1.807, 2.05) is 68.5 Å². The minimum absolute atomic E-state index is 0. The van der Waals surface area contributed by atoms with Gasteiger partial charge in [-0.1, -0.05) is 110 Å². The fraction of sp³-hybridized carbons (Fsp3) is 0.333. The van der Waals surface area contributed by atoms with Crippen LogP contribution < -0.4 is 27.4 Å². The molecule has 10 N–H and O–H groups in total. The van der Waals surface area contributed by atoms with Crippen LogP contribution in [0.4, 0.5) is 11.4 Å². The van der Waals surface area contributed by atoms with Gasteiger partial charge in [0.1, 0.15) is 0 Å². The van der Waals surface area contributed by atoms with E-state index < -0.39 is 11.9 Å². The topological polar surface area (TPSA) is 469 Å². The van der Waals surface area contributed by atoms with Gasteiger partial charge in [0, 0.05) is 22.7 Å². The van der Waals surface area contributed by atoms with E-state index in [1.165, 1.54) is 32.6 Å². The molecule has 0 saturated carbocycles. The Morgan fingerprint density at radius 2 is 1.03 bits per heavy atom. The van der Waals surface area contributed by atoms with Gasteiger partial charge in [-0.05, 0) is 117 Å². The molecule has 0 aliphatic heterocycles. The molecular formula is C60H67ClN26O9. The van der Waals surface area contributed by atoms with Gasteiger partial charge in [0.25, 0.3) is 41.0 Å². The maximum atomic E-state index is 12.3. The zero-order valence-corrected chi connectivity index (χ0v) is 53.9. The molecule has 5 heterocycles. The van der Waals surface area contributed by atoms with Crippen LogP contribution in [0, 0.1) is 19.1 Å². The van der Waals surface area contributed by atoms with Crippen molar-refractivity contribution in [1.82, 2.24) is 107 Å². The average Bonchev–Trinajstić information content (AvgIpc) is 1.71. The summed E-state index contributed by atoms with van der Waals surface area (Å²) in [7, 11) is 6.34. The molecule has 4 aliphatic carbocycles. The number of amides is 3. The van der Waals surface area contributed by atoms with E-state index in [1.54, 1.807) is 53.2 Å². The zero-order chi connectivity index (χ0) is 68.6. The minimum atomic E-state index is -1.16. The van der Waals surface area contributed by atoms with E-state index in [2.05, 4.69) is 109 Å². The van der Waals surface area contributed by atoms with Crippen molar-refractivity contribution in [3.8, 4) is 11.4 Å². The molecule has 96 heavy (non-hydrogen) atoms. The van der Waals surface area contributed by atoms with Gasteiger partial charge in [-0.15, -0.1) is 53.2 Å². The Kier molecular flexibility index (Phi) is 24.0. The number of aromatic nitrogens is 18. The van der Waals surface area contributed by atoms with Crippen molar-refractivity contribution in [3.63, 3.8) is 0 Å². The van der Waals surface area contributed by atoms with Gasteiger partial charge in [-0.25, -0.2) is 14.5 Å². The van der Waals surface area contributed by atoms with E-state index in [0.29, 0.717) is 28.7 Å². The van der Waals surface area contributed by atoms with Crippen LogP contribution in [-0.2, 0) is 58.7 Å². The molecule has 3 atom stereocenters. The van der Waals surface area contributed by atoms with Gasteiger partial charge < -0.3 is 47.4 Å². The van der Waals surface area contributed by atoms with Gasteiger partial charge in [0.05, 0.1) is 65.4 Å². The summed E-state index contributed by atoms with van der Waals surface area (Å²) in [4.78, 5) is 72.1. The number of allylic oxidation sites excluding steroid dienone is 1. The predicted molar refractivity (Wildman–Crippen MR) is 342 cm³/mol. The Balaban J connectivity index is 0.000000171. The molecule has 0 radical (unpaired) electrons. The Hall–Kier alpha value is -12.3. The first-order valence-corrected chi connectivity index (χ1v) is 29.3. The van der Waals surface area contributed by atoms with Gasteiger partial charge in [0.2, 0.25) is 11.7 Å². The first-order chi connectivity index (χ1) is 45.4. The highest BCUT2D eigenvalue weighted by atomic mass is 35.5. The molecule has 0 unspecified atom stereocenters. The Morgan fingerprint density at radius 1 is 0.615 bits per heavy atom. The number of hydrogen-bond donors (Lipinski definition) is 8. The van der Waals surface area contributed by atoms with Gasteiger partial charge >= 0.3 is 11.9 Å². The molecule has 0 fully saturated rings. The molecule has 5 aromatic heterocycles. The van der Waals surface area contributed by atoms with Crippen LogP contribution in [0.2, 0.25) is 0 Å². The quantitative estimate of drug-likeness (QED) is 0.0282. The molecule has 9 aromatic rings. The van der Waals surface area contributed by atoms with E-state index >= 15 is 0 Å². The first kappa shape index (κ1) is 71.2. The number of carboxylic acid groups (broad SMARTS) is 2. The summed E-state index contributed by atoms with van der Waals surface area (Å²) in [5, 5.41) is 84.5. The van der Waals surface area contributed by atoms with Crippen LogP contribution in [0.1, 0.15) is 169 Å². The van der Waals surface area contributed by atoms with Crippen molar-refractivity contribution in [2.24, 2.45) is 50.7 Å². The summed E-state index contributed by atoms with van der Waals surface area (Å²) in [5.74, 6) is -1.75. The molecule has 0 bridgehead atoms. The number of aryl methyl sites for hydroxylation is 7. The molecule has 35 nitrogen and oxygen atoms in total. The Labute approximate surface area is 553 Å². The predicted octanol–water partition coefficient (Wildman–Crippen LogP) is 4.85. The number of amidine groups is 1. The van der Waals surface area contributed by atoms with Gasteiger partial charge in [-0.2, -0.15) is 24.2 Å². The number of halogens is 1. The summed E-state index contributed by atoms with van der Waals surface area (Å²) in [6.45, 7) is 21.2. The maximum absolute atomic E-state index is 12.3. The minimum Gasteiger partial charge on any atom is -0.481 e. The number of carbonyl (C=O) groups excluding carboxylic acids is 3. The normalized spacial score (nSPS) is 14.9. The molecule has 0 saturated heterocycles. The average molecular weight is 1330 g/mol. The molecule has 36 heteroatoms. The lowest BCUT2D eigenvalue weighted by Gasteiger charge is -2.13. The number of aromatic carboxylic acids is 1. The van der Waals surface area contributed by atoms with E-state index in [0.717, 1.165) is 94.4 Å². The highest BCUT2D eigenvalue weighted by molar-refractivity contribution is 5.97. The van der Waals surface area contributed by atoms with Crippen LogP contribution in [0.15, 0.2) is 88.6 Å². The first-order valence-electron chi connectivity index (χ1n) is 29.3. The van der Waals surface area contributed by atoms with Crippen molar-refractivity contribution >= 4 is 65.0 Å². The van der Waals surface area contributed by atoms with Gasteiger partial charge in [-0.3, -0.25) is 19.2 Å². The van der Waals surface area contributed by atoms with Crippen LogP contribution in [0.3, 0.4) is 0 Å². The number of nitrogens with two attached hydrogens (primary N) is 2. The zero-order valence-electron chi connectivity index (χ0n) is 53.1. The second-order valence-electron chi connectivity index (χ2n) is 22.1. The number of benzene rings is 4. The second-order valence-corrected chi connectivity index (χ2v) is 22.1. The third-order valence-electron chi connectivity index (χ3n) is 14.7. The summed E-state index contributed by atoms with van der Waals surface area (Å²) in [6.07, 6.45) is 7.82. The molecule has 4 aromatic carbocycles. The molecule has 0 spiro atoms. The summed E-state index contributed by atoms with van der Waals surface area (Å²) >= 11 is 0. The van der Waals surface area contributed by atoms with Crippen molar-refractivity contribution in [3.05, 3.63) is 181 Å². The fourth-order valence-electron chi connectivity index (χ4n) is 9.89. The number of tetrazole rings is 4. The van der Waals surface area contributed by atoms with Crippen LogP contribution in [0.5, 0.6) is 0 Å². The van der Waals surface area contributed by atoms with Crippen molar-refractivity contribution < 1.29 is 43.9 Å². The molecule has 498 valence electrons.